The molecule has 0 amide bonds. The number of aromatic nitrogens is 1. The van der Waals surface area contributed by atoms with E-state index >= 15 is 0 Å². The van der Waals surface area contributed by atoms with E-state index in [1.54, 1.807) is 23.6 Å². The van der Waals surface area contributed by atoms with Crippen molar-refractivity contribution in [3.8, 4) is 0 Å². The maximum atomic E-state index is 11.9. The van der Waals surface area contributed by atoms with Crippen molar-refractivity contribution in [2.45, 2.75) is 45.6 Å². The molecule has 0 aromatic carbocycles. The lowest BCUT2D eigenvalue weighted by Crippen LogP contribution is -2.30. The minimum Gasteiger partial charge on any atom is -0.471 e. The Kier molecular flexibility index (Phi) is 17.0. The van der Waals surface area contributed by atoms with Crippen LogP contribution in [-0.4, -0.2) is 54.1 Å². The number of pyridine rings is 1. The molecule has 0 spiro atoms. The molecule has 2 unspecified atom stereocenters. The number of ether oxygens (including phenoxy) is 2. The average Bonchev–Trinajstić information content (AvgIpc) is 3.29. The highest BCUT2D eigenvalue weighted by Crippen LogP contribution is 2.29. The molecule has 2 aromatic heterocycles. The van der Waals surface area contributed by atoms with Gasteiger partial charge in [-0.25, -0.2) is 9.78 Å². The summed E-state index contributed by atoms with van der Waals surface area (Å²) in [6.07, 6.45) is -9.12. The van der Waals surface area contributed by atoms with E-state index in [-0.39, 0.29) is 0 Å². The number of alkyl halides is 3. The summed E-state index contributed by atoms with van der Waals surface area (Å²) < 4.78 is 44.0. The molecule has 31 heavy (non-hydrogen) atoms. The molecule has 0 aliphatic carbocycles. The molecule has 0 aliphatic heterocycles. The smallest absolute Gasteiger partial charge is 0.414 e. The van der Waals surface area contributed by atoms with Crippen molar-refractivity contribution in [2.24, 2.45) is 0 Å². The SMILES string of the molecule is CC.COC(=O)c1cccc(C)n1.COC=O.OC(CC(O)C(F)(F)F)c1cccs1. The largest absolute Gasteiger partial charge is 0.471 e. The lowest BCUT2D eigenvalue weighted by atomic mass is 10.1. The van der Waals surface area contributed by atoms with E-state index in [0.29, 0.717) is 17.0 Å². The molecular formula is C20H28F3NO6S. The molecule has 0 radical (unpaired) electrons. The van der Waals surface area contributed by atoms with Crippen molar-refractivity contribution in [3.63, 3.8) is 0 Å². The zero-order valence-electron chi connectivity index (χ0n) is 17.9. The number of carbonyl (C=O) groups excluding carboxylic acids is 2. The van der Waals surface area contributed by atoms with E-state index < -0.39 is 30.8 Å². The van der Waals surface area contributed by atoms with Crippen LogP contribution in [0.3, 0.4) is 0 Å². The zero-order valence-corrected chi connectivity index (χ0v) is 18.7. The van der Waals surface area contributed by atoms with E-state index in [1.807, 2.05) is 26.8 Å². The van der Waals surface area contributed by atoms with Gasteiger partial charge in [0.05, 0.1) is 20.3 Å². The first-order valence-electron chi connectivity index (χ1n) is 9.01. The van der Waals surface area contributed by atoms with E-state index in [2.05, 4.69) is 14.5 Å². The molecule has 7 nitrogen and oxygen atoms in total. The third-order valence-corrected chi connectivity index (χ3v) is 4.05. The Hall–Kier alpha value is -2.50. The predicted molar refractivity (Wildman–Crippen MR) is 111 cm³/mol. The number of nitrogens with zero attached hydrogens (tertiary/aromatic N) is 1. The average molecular weight is 468 g/mol. The van der Waals surface area contributed by atoms with Crippen LogP contribution < -0.4 is 0 Å². The van der Waals surface area contributed by atoms with Gasteiger partial charge in [-0.05, 0) is 30.5 Å². The molecule has 11 heteroatoms. The third kappa shape index (κ3) is 14.2. The number of thiophene rings is 1. The van der Waals surface area contributed by atoms with Crippen LogP contribution in [0.25, 0.3) is 0 Å². The number of rotatable bonds is 5. The summed E-state index contributed by atoms with van der Waals surface area (Å²) in [4.78, 5) is 24.2. The van der Waals surface area contributed by atoms with Crippen molar-refractivity contribution < 1.29 is 42.4 Å². The molecule has 2 N–H and O–H groups in total. The van der Waals surface area contributed by atoms with Crippen LogP contribution in [-0.2, 0) is 14.3 Å². The van der Waals surface area contributed by atoms with Gasteiger partial charge in [0.15, 0.2) is 6.10 Å². The van der Waals surface area contributed by atoms with Gasteiger partial charge in [-0.15, -0.1) is 11.3 Å². The lowest BCUT2D eigenvalue weighted by Gasteiger charge is -2.17. The monoisotopic (exact) mass is 467 g/mol. The van der Waals surface area contributed by atoms with Crippen LogP contribution in [0.1, 0.15) is 47.4 Å². The van der Waals surface area contributed by atoms with Crippen LogP contribution in [0.5, 0.6) is 0 Å². The number of halogens is 3. The van der Waals surface area contributed by atoms with Gasteiger partial charge >= 0.3 is 12.1 Å². The Balaban J connectivity index is 0. The maximum absolute atomic E-state index is 11.9. The molecule has 0 fully saturated rings. The summed E-state index contributed by atoms with van der Waals surface area (Å²) in [6, 6.07) is 8.38. The number of carbonyl (C=O) groups is 2. The van der Waals surface area contributed by atoms with Crippen LogP contribution in [0.2, 0.25) is 0 Å². The van der Waals surface area contributed by atoms with Crippen molar-refractivity contribution in [1.29, 1.82) is 0 Å². The molecule has 0 saturated heterocycles. The minimum absolute atomic E-state index is 0.354. The topological polar surface area (TPSA) is 106 Å². The van der Waals surface area contributed by atoms with Crippen molar-refractivity contribution in [3.05, 3.63) is 52.0 Å². The second-order valence-electron chi connectivity index (χ2n) is 5.31. The van der Waals surface area contributed by atoms with E-state index in [0.717, 1.165) is 17.0 Å². The highest BCUT2D eigenvalue weighted by Gasteiger charge is 2.39. The molecular weight excluding hydrogens is 439 g/mol. The van der Waals surface area contributed by atoms with Gasteiger partial charge in [0.1, 0.15) is 5.69 Å². The highest BCUT2D eigenvalue weighted by atomic mass is 32.1. The van der Waals surface area contributed by atoms with Gasteiger partial charge in [-0.3, -0.25) is 4.79 Å². The highest BCUT2D eigenvalue weighted by molar-refractivity contribution is 7.10. The summed E-state index contributed by atoms with van der Waals surface area (Å²) in [5, 5.41) is 19.6. The number of aliphatic hydroxyl groups is 2. The number of esters is 1. The Morgan fingerprint density at radius 2 is 1.77 bits per heavy atom. The minimum atomic E-state index is -4.67. The van der Waals surface area contributed by atoms with Crippen molar-refractivity contribution in [2.75, 3.05) is 14.2 Å². The fraction of sp³-hybridized carbons (Fsp3) is 0.450. The predicted octanol–water partition coefficient (Wildman–Crippen LogP) is 4.09. The maximum Gasteiger partial charge on any atom is 0.414 e. The third-order valence-electron chi connectivity index (χ3n) is 3.08. The Labute approximate surface area is 183 Å². The second kappa shape index (κ2) is 17.2. The normalized spacial score (nSPS) is 11.7. The number of methoxy groups -OCH3 is 2. The molecule has 0 bridgehead atoms. The van der Waals surface area contributed by atoms with Crippen molar-refractivity contribution in [1.82, 2.24) is 4.98 Å². The number of aliphatic hydroxyl groups excluding tert-OH is 2. The Morgan fingerprint density at radius 1 is 1.19 bits per heavy atom. The second-order valence-corrected chi connectivity index (χ2v) is 6.29. The van der Waals surface area contributed by atoms with Crippen LogP contribution in [0.15, 0.2) is 35.7 Å². The van der Waals surface area contributed by atoms with Gasteiger partial charge in [0.2, 0.25) is 0 Å². The van der Waals surface area contributed by atoms with Gasteiger partial charge in [-0.2, -0.15) is 13.2 Å². The fourth-order valence-corrected chi connectivity index (χ4v) is 2.43. The van der Waals surface area contributed by atoms with Crippen LogP contribution in [0.4, 0.5) is 13.2 Å². The summed E-state index contributed by atoms with van der Waals surface area (Å²) in [7, 11) is 2.65. The molecule has 0 aliphatic rings. The van der Waals surface area contributed by atoms with Gasteiger partial charge in [-0.1, -0.05) is 26.0 Å². The lowest BCUT2D eigenvalue weighted by molar-refractivity contribution is -0.211. The van der Waals surface area contributed by atoms with E-state index in [4.69, 9.17) is 9.90 Å². The van der Waals surface area contributed by atoms with E-state index in [1.165, 1.54) is 20.3 Å². The quantitative estimate of drug-likeness (QED) is 0.504. The summed E-state index contributed by atoms with van der Waals surface area (Å²) in [5.74, 6) is -0.395. The Morgan fingerprint density at radius 3 is 2.16 bits per heavy atom. The number of aryl methyl sites for hydroxylation is 1. The molecule has 2 aromatic rings. The van der Waals surface area contributed by atoms with Crippen LogP contribution >= 0.6 is 11.3 Å². The fourth-order valence-electron chi connectivity index (χ4n) is 1.70. The number of hydrogen-bond donors (Lipinski definition) is 2. The molecule has 2 rings (SSSR count). The first kappa shape index (κ1) is 30.7. The summed E-state index contributed by atoms with van der Waals surface area (Å²) in [5.41, 5.74) is 1.17. The molecule has 176 valence electrons. The number of hydrogen-bond acceptors (Lipinski definition) is 8. The van der Waals surface area contributed by atoms with Gasteiger partial charge in [0, 0.05) is 17.0 Å². The molecule has 0 saturated carbocycles. The first-order chi connectivity index (χ1) is 14.6. The first-order valence-corrected chi connectivity index (χ1v) is 9.89. The standard InChI is InChI=1S/C8H9F3O2S.C8H9NO2.C2H4O2.C2H6/c9-8(10,11)7(13)4-5(12)6-2-1-3-14-6;1-6-4-3-5-7(9-6)8(10)11-2;1-4-2-3;1-2/h1-3,5,7,12-13H,4H2;3-5H,1-2H3;2H,1H3;1-2H3. The summed E-state index contributed by atoms with van der Waals surface area (Å²) in [6.45, 7) is 6.20. The molecule has 2 heterocycles. The van der Waals surface area contributed by atoms with E-state index in [9.17, 15) is 23.1 Å². The summed E-state index contributed by atoms with van der Waals surface area (Å²) >= 11 is 1.16. The van der Waals surface area contributed by atoms with Gasteiger partial charge in [0.25, 0.3) is 6.47 Å². The van der Waals surface area contributed by atoms with Gasteiger partial charge < -0.3 is 19.7 Å². The van der Waals surface area contributed by atoms with Crippen molar-refractivity contribution >= 4 is 23.8 Å². The Bertz CT molecular complexity index is 726. The molecule has 2 atom stereocenters. The zero-order chi connectivity index (χ0) is 24.4. The van der Waals surface area contributed by atoms with Crippen LogP contribution in [0, 0.1) is 6.92 Å².